The fourth-order valence-electron chi connectivity index (χ4n) is 1.70. The summed E-state index contributed by atoms with van der Waals surface area (Å²) < 4.78 is 3.51. The predicted molar refractivity (Wildman–Crippen MR) is 84.9 cm³/mol. The Morgan fingerprint density at radius 2 is 2.11 bits per heavy atom. The first kappa shape index (κ1) is 14.6. The maximum atomic E-state index is 12.2. The summed E-state index contributed by atoms with van der Waals surface area (Å²) in [4.78, 5) is 12.2. The Labute approximate surface area is 133 Å². The van der Waals surface area contributed by atoms with Gasteiger partial charge in [0.05, 0.1) is 5.69 Å². The second-order valence-electron chi connectivity index (χ2n) is 3.91. The lowest BCUT2D eigenvalue weighted by atomic mass is 10.3. The van der Waals surface area contributed by atoms with E-state index in [9.17, 15) is 4.79 Å². The molecule has 1 heterocycles. The van der Waals surface area contributed by atoms with Crippen molar-refractivity contribution in [2.75, 3.05) is 5.32 Å². The smallest absolute Gasteiger partial charge is 0.272 e. The quantitative estimate of drug-likeness (QED) is 0.770. The molecule has 0 spiro atoms. The summed E-state index contributed by atoms with van der Waals surface area (Å²) in [6.07, 6.45) is 1.88. The number of aromatic nitrogens is 1. The van der Waals surface area contributed by atoms with Crippen LogP contribution in [0.1, 0.15) is 17.4 Å². The topological polar surface area (TPSA) is 34.0 Å². The van der Waals surface area contributed by atoms with Crippen LogP contribution < -0.4 is 5.32 Å². The minimum Gasteiger partial charge on any atom is -0.343 e. The number of anilines is 1. The third kappa shape index (κ3) is 3.41. The van der Waals surface area contributed by atoms with Crippen molar-refractivity contribution >= 4 is 55.1 Å². The highest BCUT2D eigenvalue weighted by Gasteiger charge is 2.13. The van der Waals surface area contributed by atoms with Gasteiger partial charge in [0.25, 0.3) is 5.91 Å². The van der Waals surface area contributed by atoms with E-state index in [-0.39, 0.29) is 5.91 Å². The molecule has 0 aliphatic rings. The van der Waals surface area contributed by atoms with Gasteiger partial charge in [-0.05, 0) is 63.0 Å². The molecular weight excluding hydrogens is 395 g/mol. The zero-order valence-electron chi connectivity index (χ0n) is 10.1. The highest BCUT2D eigenvalue weighted by atomic mass is 79.9. The Balaban J connectivity index is 2.25. The fraction of sp³-hybridized carbons (Fsp3) is 0.154. The average Bonchev–Trinajstić information content (AvgIpc) is 2.74. The van der Waals surface area contributed by atoms with E-state index in [4.69, 9.17) is 11.6 Å². The number of hydrogen-bond donors (Lipinski definition) is 1. The Hall–Kier alpha value is -0.780. The van der Waals surface area contributed by atoms with Crippen LogP contribution in [0.5, 0.6) is 0 Å². The molecule has 0 radical (unpaired) electrons. The molecule has 0 atom stereocenters. The molecule has 0 saturated heterocycles. The molecule has 1 N–H and O–H groups in total. The molecule has 3 nitrogen and oxygen atoms in total. The SMILES string of the molecule is CCn1cc(Br)cc1C(=O)Nc1ccc(Cl)cc1Br. The Morgan fingerprint density at radius 1 is 1.37 bits per heavy atom. The summed E-state index contributed by atoms with van der Waals surface area (Å²) in [6.45, 7) is 2.72. The number of hydrogen-bond acceptors (Lipinski definition) is 1. The molecule has 19 heavy (non-hydrogen) atoms. The van der Waals surface area contributed by atoms with Crippen LogP contribution in [0, 0.1) is 0 Å². The average molecular weight is 407 g/mol. The minimum absolute atomic E-state index is 0.157. The summed E-state index contributed by atoms with van der Waals surface area (Å²) in [7, 11) is 0. The van der Waals surface area contributed by atoms with Crippen molar-refractivity contribution in [1.29, 1.82) is 0 Å². The molecule has 0 aliphatic carbocycles. The molecule has 1 aromatic heterocycles. The lowest BCUT2D eigenvalue weighted by molar-refractivity contribution is 0.101. The van der Waals surface area contributed by atoms with E-state index in [0.29, 0.717) is 16.4 Å². The van der Waals surface area contributed by atoms with E-state index in [2.05, 4.69) is 37.2 Å². The van der Waals surface area contributed by atoms with E-state index in [1.54, 1.807) is 24.3 Å². The number of nitrogens with one attached hydrogen (secondary N) is 1. The predicted octanol–water partition coefficient (Wildman–Crippen LogP) is 4.94. The Kier molecular flexibility index (Phi) is 4.71. The molecule has 2 aromatic rings. The molecule has 1 aromatic carbocycles. The minimum atomic E-state index is -0.157. The van der Waals surface area contributed by atoms with E-state index in [0.717, 1.165) is 15.5 Å². The van der Waals surface area contributed by atoms with Crippen LogP contribution in [0.3, 0.4) is 0 Å². The number of halogens is 3. The van der Waals surface area contributed by atoms with Gasteiger partial charge in [-0.25, -0.2) is 0 Å². The van der Waals surface area contributed by atoms with Crippen molar-refractivity contribution < 1.29 is 4.79 Å². The monoisotopic (exact) mass is 404 g/mol. The van der Waals surface area contributed by atoms with Crippen LogP contribution >= 0.6 is 43.5 Å². The van der Waals surface area contributed by atoms with Gasteiger partial charge in [0.2, 0.25) is 0 Å². The zero-order valence-corrected chi connectivity index (χ0v) is 14.0. The number of carbonyl (C=O) groups is 1. The molecule has 0 bridgehead atoms. The van der Waals surface area contributed by atoms with Crippen molar-refractivity contribution in [3.05, 3.63) is 50.1 Å². The van der Waals surface area contributed by atoms with Gasteiger partial charge in [0, 0.05) is 26.7 Å². The van der Waals surface area contributed by atoms with Crippen LogP contribution in [0.4, 0.5) is 5.69 Å². The van der Waals surface area contributed by atoms with Crippen molar-refractivity contribution in [2.45, 2.75) is 13.5 Å². The van der Waals surface area contributed by atoms with Crippen LogP contribution in [0.25, 0.3) is 0 Å². The van der Waals surface area contributed by atoms with Crippen LogP contribution in [-0.4, -0.2) is 10.5 Å². The summed E-state index contributed by atoms with van der Waals surface area (Å²) >= 11 is 12.6. The van der Waals surface area contributed by atoms with Crippen LogP contribution in [0.2, 0.25) is 5.02 Å². The second-order valence-corrected chi connectivity index (χ2v) is 6.11. The molecule has 2 rings (SSSR count). The number of aryl methyl sites for hydroxylation is 1. The van der Waals surface area contributed by atoms with Crippen LogP contribution in [-0.2, 0) is 6.54 Å². The number of carbonyl (C=O) groups excluding carboxylic acids is 1. The molecular formula is C13H11Br2ClN2O. The lowest BCUT2D eigenvalue weighted by Gasteiger charge is -2.09. The van der Waals surface area contributed by atoms with E-state index < -0.39 is 0 Å². The highest BCUT2D eigenvalue weighted by molar-refractivity contribution is 9.10. The molecule has 0 fully saturated rings. The standard InChI is InChI=1S/C13H11Br2ClN2O/c1-2-18-7-8(14)5-12(18)13(19)17-11-4-3-9(16)6-10(11)15/h3-7H,2H2,1H3,(H,17,19). The van der Waals surface area contributed by atoms with Gasteiger partial charge < -0.3 is 9.88 Å². The molecule has 100 valence electrons. The Bertz CT molecular complexity index is 625. The Morgan fingerprint density at radius 3 is 2.74 bits per heavy atom. The van der Waals surface area contributed by atoms with Gasteiger partial charge in [0.15, 0.2) is 0 Å². The normalized spacial score (nSPS) is 10.5. The number of amides is 1. The van der Waals surface area contributed by atoms with Crippen molar-refractivity contribution in [3.63, 3.8) is 0 Å². The molecule has 6 heteroatoms. The summed E-state index contributed by atoms with van der Waals surface area (Å²) in [5.41, 5.74) is 1.30. The molecule has 0 aliphatic heterocycles. The number of nitrogens with zero attached hydrogens (tertiary/aromatic N) is 1. The summed E-state index contributed by atoms with van der Waals surface area (Å²) in [5, 5.41) is 3.47. The molecule has 0 unspecified atom stereocenters. The number of rotatable bonds is 3. The number of benzene rings is 1. The maximum Gasteiger partial charge on any atom is 0.272 e. The van der Waals surface area contributed by atoms with Gasteiger partial charge in [-0.2, -0.15) is 0 Å². The lowest BCUT2D eigenvalue weighted by Crippen LogP contribution is -2.16. The fourth-order valence-corrected chi connectivity index (χ4v) is 2.95. The van der Waals surface area contributed by atoms with Gasteiger partial charge >= 0.3 is 0 Å². The van der Waals surface area contributed by atoms with Gasteiger partial charge in [-0.1, -0.05) is 11.6 Å². The van der Waals surface area contributed by atoms with E-state index in [1.165, 1.54) is 0 Å². The maximum absolute atomic E-state index is 12.2. The summed E-state index contributed by atoms with van der Waals surface area (Å²) in [6, 6.07) is 7.03. The highest BCUT2D eigenvalue weighted by Crippen LogP contribution is 2.26. The van der Waals surface area contributed by atoms with Gasteiger partial charge in [-0.3, -0.25) is 4.79 Å². The van der Waals surface area contributed by atoms with E-state index >= 15 is 0 Å². The molecule has 1 amide bonds. The second kappa shape index (κ2) is 6.11. The first-order chi connectivity index (χ1) is 9.01. The van der Waals surface area contributed by atoms with E-state index in [1.807, 2.05) is 17.7 Å². The van der Waals surface area contributed by atoms with Crippen molar-refractivity contribution in [3.8, 4) is 0 Å². The first-order valence-corrected chi connectivity index (χ1v) is 7.59. The molecule has 0 saturated carbocycles. The van der Waals surface area contributed by atoms with Crippen LogP contribution in [0.15, 0.2) is 39.4 Å². The third-order valence-corrected chi connectivity index (χ3v) is 3.94. The third-order valence-electron chi connectivity index (χ3n) is 2.62. The van der Waals surface area contributed by atoms with Gasteiger partial charge in [-0.15, -0.1) is 0 Å². The van der Waals surface area contributed by atoms with Crippen molar-refractivity contribution in [2.24, 2.45) is 0 Å². The zero-order chi connectivity index (χ0) is 14.0. The summed E-state index contributed by atoms with van der Waals surface area (Å²) in [5.74, 6) is -0.157. The largest absolute Gasteiger partial charge is 0.343 e. The van der Waals surface area contributed by atoms with Gasteiger partial charge in [0.1, 0.15) is 5.69 Å². The first-order valence-electron chi connectivity index (χ1n) is 5.63. The van der Waals surface area contributed by atoms with Crippen molar-refractivity contribution in [1.82, 2.24) is 4.57 Å².